The molecular weight excluding hydrogens is 402 g/mol. The summed E-state index contributed by atoms with van der Waals surface area (Å²) in [6.07, 6.45) is -0.637. The zero-order chi connectivity index (χ0) is 22.8. The molecule has 9 nitrogen and oxygen atoms in total. The molecule has 3 rings (SSSR count). The van der Waals surface area contributed by atoms with Gasteiger partial charge in [0.05, 0.1) is 16.5 Å². The zero-order valence-electron chi connectivity index (χ0n) is 17.6. The van der Waals surface area contributed by atoms with Gasteiger partial charge < -0.3 is 19.6 Å². The highest BCUT2D eigenvalue weighted by atomic mass is 16.6. The Kier molecular flexibility index (Phi) is 5.96. The Morgan fingerprint density at radius 1 is 1.13 bits per heavy atom. The van der Waals surface area contributed by atoms with Gasteiger partial charge in [-0.2, -0.15) is 0 Å². The number of hydrogen-bond acceptors (Lipinski definition) is 7. The molecule has 9 heteroatoms. The van der Waals surface area contributed by atoms with Gasteiger partial charge in [0.25, 0.3) is 0 Å². The lowest BCUT2D eigenvalue weighted by molar-refractivity contribution is -0.134. The standard InChI is InChI=1S/C22H23N3O6/c1-12-14(25-21(29)31-22(2,3)4)9-10-16-18(12)20(28)30-19(24-16)13-7-5-6-8-15(13)23-11-17(26)27/h5-10,23H,11H2,1-4H3,(H,25,29)(H,26,27). The minimum atomic E-state index is -1.02. The monoisotopic (exact) mass is 425 g/mol. The van der Waals surface area contributed by atoms with Crippen molar-refractivity contribution in [2.75, 3.05) is 17.2 Å². The van der Waals surface area contributed by atoms with E-state index in [1.807, 2.05) is 0 Å². The summed E-state index contributed by atoms with van der Waals surface area (Å²) >= 11 is 0. The summed E-state index contributed by atoms with van der Waals surface area (Å²) in [4.78, 5) is 40.2. The van der Waals surface area contributed by atoms with Crippen LogP contribution >= 0.6 is 0 Å². The third kappa shape index (κ3) is 5.19. The second-order valence-electron chi connectivity index (χ2n) is 7.86. The highest BCUT2D eigenvalue weighted by Gasteiger charge is 2.19. The van der Waals surface area contributed by atoms with E-state index in [2.05, 4.69) is 15.6 Å². The first-order valence-electron chi connectivity index (χ1n) is 9.54. The second kappa shape index (κ2) is 8.47. The van der Waals surface area contributed by atoms with E-state index in [4.69, 9.17) is 14.3 Å². The van der Waals surface area contributed by atoms with Crippen molar-refractivity contribution in [3.05, 3.63) is 52.4 Å². The molecule has 3 N–H and O–H groups in total. The molecule has 0 aliphatic carbocycles. The van der Waals surface area contributed by atoms with Crippen LogP contribution in [0.1, 0.15) is 26.3 Å². The summed E-state index contributed by atoms with van der Waals surface area (Å²) in [6.45, 7) is 6.64. The van der Waals surface area contributed by atoms with Crippen molar-refractivity contribution < 1.29 is 23.8 Å². The van der Waals surface area contributed by atoms with Gasteiger partial charge in [-0.3, -0.25) is 10.1 Å². The number of amides is 1. The van der Waals surface area contributed by atoms with Crippen LogP contribution in [0.2, 0.25) is 0 Å². The molecule has 31 heavy (non-hydrogen) atoms. The number of aliphatic carboxylic acids is 1. The fraction of sp³-hybridized carbons (Fsp3) is 0.273. The summed E-state index contributed by atoms with van der Waals surface area (Å²) in [5, 5.41) is 14.6. The number of hydrogen-bond donors (Lipinski definition) is 3. The number of anilines is 2. The average molecular weight is 425 g/mol. The molecule has 0 spiro atoms. The Balaban J connectivity index is 2.00. The molecule has 0 bridgehead atoms. The van der Waals surface area contributed by atoms with Crippen LogP contribution in [0.15, 0.2) is 45.6 Å². The van der Waals surface area contributed by atoms with Crippen molar-refractivity contribution in [3.8, 4) is 11.5 Å². The molecule has 0 fully saturated rings. The van der Waals surface area contributed by atoms with Gasteiger partial charge in [0.1, 0.15) is 12.1 Å². The van der Waals surface area contributed by atoms with Crippen LogP contribution in [0, 0.1) is 6.92 Å². The quantitative estimate of drug-likeness (QED) is 0.559. The summed E-state index contributed by atoms with van der Waals surface area (Å²) < 4.78 is 10.7. The van der Waals surface area contributed by atoms with E-state index in [1.54, 1.807) is 64.1 Å². The number of benzene rings is 2. The number of nitrogens with zero attached hydrogens (tertiary/aromatic N) is 1. The van der Waals surface area contributed by atoms with Crippen LogP contribution < -0.4 is 16.3 Å². The molecule has 3 aromatic rings. The van der Waals surface area contributed by atoms with Crippen LogP contribution in [0.4, 0.5) is 16.2 Å². The van der Waals surface area contributed by atoms with Gasteiger partial charge in [-0.25, -0.2) is 14.6 Å². The van der Waals surface area contributed by atoms with E-state index in [-0.39, 0.29) is 17.8 Å². The molecule has 0 aliphatic heterocycles. The number of carboxylic acid groups (broad SMARTS) is 1. The van der Waals surface area contributed by atoms with E-state index in [0.29, 0.717) is 28.0 Å². The molecule has 2 aromatic carbocycles. The van der Waals surface area contributed by atoms with Gasteiger partial charge in [0.2, 0.25) is 5.89 Å². The Morgan fingerprint density at radius 2 is 1.84 bits per heavy atom. The number of para-hydroxylation sites is 1. The molecule has 0 atom stereocenters. The molecule has 1 heterocycles. The SMILES string of the molecule is Cc1c(NC(=O)OC(C)(C)C)ccc2nc(-c3ccccc3NCC(=O)O)oc(=O)c12. The number of ether oxygens (including phenoxy) is 1. The number of carbonyl (C=O) groups is 2. The lowest BCUT2D eigenvalue weighted by Crippen LogP contribution is -2.27. The average Bonchev–Trinajstić information content (AvgIpc) is 2.67. The Hall–Kier alpha value is -3.88. The van der Waals surface area contributed by atoms with Crippen LogP contribution in [0.5, 0.6) is 0 Å². The number of carboxylic acids is 1. The highest BCUT2D eigenvalue weighted by Crippen LogP contribution is 2.29. The number of nitrogens with one attached hydrogen (secondary N) is 2. The molecule has 0 saturated heterocycles. The van der Waals surface area contributed by atoms with Crippen molar-refractivity contribution >= 4 is 34.3 Å². The van der Waals surface area contributed by atoms with Crippen LogP contribution in [0.3, 0.4) is 0 Å². The summed E-state index contributed by atoms with van der Waals surface area (Å²) in [5.74, 6) is -0.971. The maximum Gasteiger partial charge on any atom is 0.412 e. The largest absolute Gasteiger partial charge is 0.480 e. The minimum absolute atomic E-state index is 0.0539. The van der Waals surface area contributed by atoms with E-state index >= 15 is 0 Å². The number of fused-ring (bicyclic) bond motifs is 1. The van der Waals surface area contributed by atoms with Crippen LogP contribution in [-0.4, -0.2) is 34.3 Å². The van der Waals surface area contributed by atoms with E-state index in [9.17, 15) is 14.4 Å². The van der Waals surface area contributed by atoms with Gasteiger partial charge in [0, 0.05) is 11.4 Å². The lowest BCUT2D eigenvalue weighted by Gasteiger charge is -2.20. The van der Waals surface area contributed by atoms with Crippen molar-refractivity contribution in [2.45, 2.75) is 33.3 Å². The Labute approximate surface area is 178 Å². The predicted molar refractivity (Wildman–Crippen MR) is 116 cm³/mol. The third-order valence-corrected chi connectivity index (χ3v) is 4.28. The summed E-state index contributed by atoms with van der Waals surface area (Å²) in [5.41, 5.74) is 0.925. The molecule has 0 saturated carbocycles. The maximum atomic E-state index is 12.8. The Bertz CT molecular complexity index is 1210. The summed E-state index contributed by atoms with van der Waals surface area (Å²) in [7, 11) is 0. The smallest absolute Gasteiger partial charge is 0.412 e. The molecule has 1 amide bonds. The fourth-order valence-electron chi connectivity index (χ4n) is 2.98. The van der Waals surface area contributed by atoms with E-state index < -0.39 is 23.3 Å². The van der Waals surface area contributed by atoms with Crippen molar-refractivity contribution in [2.24, 2.45) is 0 Å². The maximum absolute atomic E-state index is 12.8. The van der Waals surface area contributed by atoms with E-state index in [1.165, 1.54) is 0 Å². The van der Waals surface area contributed by atoms with Gasteiger partial charge in [-0.1, -0.05) is 12.1 Å². The zero-order valence-corrected chi connectivity index (χ0v) is 17.6. The van der Waals surface area contributed by atoms with E-state index in [0.717, 1.165) is 0 Å². The highest BCUT2D eigenvalue weighted by molar-refractivity contribution is 5.93. The number of carbonyl (C=O) groups excluding carboxylic acids is 1. The molecule has 162 valence electrons. The van der Waals surface area contributed by atoms with Crippen LogP contribution in [0.25, 0.3) is 22.4 Å². The van der Waals surface area contributed by atoms with Crippen LogP contribution in [-0.2, 0) is 9.53 Å². The van der Waals surface area contributed by atoms with Crippen molar-refractivity contribution in [1.29, 1.82) is 0 Å². The van der Waals surface area contributed by atoms with Gasteiger partial charge in [-0.05, 0) is 57.5 Å². The summed E-state index contributed by atoms with van der Waals surface area (Å²) in [6, 6.07) is 10.0. The minimum Gasteiger partial charge on any atom is -0.480 e. The first-order chi connectivity index (χ1) is 14.5. The molecule has 0 unspecified atom stereocenters. The van der Waals surface area contributed by atoms with Gasteiger partial charge >= 0.3 is 17.7 Å². The number of rotatable bonds is 5. The predicted octanol–water partition coefficient (Wildman–Crippen LogP) is 4.01. The topological polar surface area (TPSA) is 131 Å². The normalized spacial score (nSPS) is 11.2. The van der Waals surface area contributed by atoms with Crippen molar-refractivity contribution in [1.82, 2.24) is 4.98 Å². The molecule has 0 aliphatic rings. The number of aryl methyl sites for hydroxylation is 1. The molecule has 1 aromatic heterocycles. The van der Waals surface area contributed by atoms with Gasteiger partial charge in [0.15, 0.2) is 0 Å². The second-order valence-corrected chi connectivity index (χ2v) is 7.86. The molecular formula is C22H23N3O6. The van der Waals surface area contributed by atoms with Crippen molar-refractivity contribution in [3.63, 3.8) is 0 Å². The van der Waals surface area contributed by atoms with Gasteiger partial charge in [-0.15, -0.1) is 0 Å². The Morgan fingerprint density at radius 3 is 2.52 bits per heavy atom. The fourth-order valence-corrected chi connectivity index (χ4v) is 2.98. The first kappa shape index (κ1) is 21.8. The first-order valence-corrected chi connectivity index (χ1v) is 9.54. The lowest BCUT2D eigenvalue weighted by atomic mass is 10.1. The number of aromatic nitrogens is 1. The molecule has 0 radical (unpaired) electrons. The third-order valence-electron chi connectivity index (χ3n) is 4.28.